The minimum absolute atomic E-state index is 0.0662. The first-order valence-corrected chi connectivity index (χ1v) is 11.3. The Morgan fingerprint density at radius 1 is 0.897 bits per heavy atom. The van der Waals surface area contributed by atoms with E-state index in [4.69, 9.17) is 0 Å². The lowest BCUT2D eigenvalue weighted by Crippen LogP contribution is -2.47. The molecule has 0 aromatic heterocycles. The predicted molar refractivity (Wildman–Crippen MR) is 117 cm³/mol. The molecule has 1 aliphatic carbocycles. The third-order valence-corrected chi connectivity index (χ3v) is 6.57. The molecule has 2 fully saturated rings. The summed E-state index contributed by atoms with van der Waals surface area (Å²) in [5.41, 5.74) is 1.07. The summed E-state index contributed by atoms with van der Waals surface area (Å²) in [4.78, 5) is 27.7. The van der Waals surface area contributed by atoms with Gasteiger partial charge < -0.3 is 10.2 Å². The maximum atomic E-state index is 13.0. The molecule has 0 radical (unpaired) electrons. The molecule has 1 saturated heterocycles. The number of rotatable bonds is 4. The Labute approximate surface area is 173 Å². The topological polar surface area (TPSA) is 49.4 Å². The van der Waals surface area contributed by atoms with Crippen molar-refractivity contribution in [3.8, 4) is 0 Å². The molecule has 1 saturated carbocycles. The molecule has 2 aliphatic rings. The van der Waals surface area contributed by atoms with Crippen LogP contribution in [-0.4, -0.2) is 35.8 Å². The van der Waals surface area contributed by atoms with E-state index in [0.29, 0.717) is 19.0 Å². The Hall–Kier alpha value is -2.36. The largest absolute Gasteiger partial charge is 0.353 e. The van der Waals surface area contributed by atoms with Gasteiger partial charge in [0.15, 0.2) is 0 Å². The first kappa shape index (κ1) is 19.9. The maximum absolute atomic E-state index is 13.0. The van der Waals surface area contributed by atoms with Gasteiger partial charge in [0.2, 0.25) is 11.8 Å². The van der Waals surface area contributed by atoms with Gasteiger partial charge in [-0.25, -0.2) is 0 Å². The lowest BCUT2D eigenvalue weighted by Gasteiger charge is -2.33. The molecule has 4 nitrogen and oxygen atoms in total. The van der Waals surface area contributed by atoms with Crippen LogP contribution in [0.25, 0.3) is 10.8 Å². The number of hydrogen-bond donors (Lipinski definition) is 1. The van der Waals surface area contributed by atoms with Crippen LogP contribution in [0.15, 0.2) is 42.5 Å². The van der Waals surface area contributed by atoms with Crippen molar-refractivity contribution in [3.05, 3.63) is 48.0 Å². The van der Waals surface area contributed by atoms with Gasteiger partial charge in [-0.05, 0) is 42.0 Å². The average Bonchev–Trinajstić information content (AvgIpc) is 3.03. The number of nitrogens with zero attached hydrogens (tertiary/aromatic N) is 1. The van der Waals surface area contributed by atoms with E-state index in [1.54, 1.807) is 0 Å². The van der Waals surface area contributed by atoms with Crippen molar-refractivity contribution in [1.82, 2.24) is 10.2 Å². The second-order valence-corrected chi connectivity index (χ2v) is 8.69. The smallest absolute Gasteiger partial charge is 0.227 e. The van der Waals surface area contributed by atoms with Gasteiger partial charge in [0.05, 0.1) is 12.3 Å². The maximum Gasteiger partial charge on any atom is 0.227 e. The minimum Gasteiger partial charge on any atom is -0.353 e. The van der Waals surface area contributed by atoms with Crippen molar-refractivity contribution in [2.45, 2.75) is 63.8 Å². The zero-order valence-corrected chi connectivity index (χ0v) is 17.2. The molecule has 29 heavy (non-hydrogen) atoms. The summed E-state index contributed by atoms with van der Waals surface area (Å²) in [6.45, 7) is 1.32. The van der Waals surface area contributed by atoms with Crippen molar-refractivity contribution in [3.63, 3.8) is 0 Å². The average molecular weight is 393 g/mol. The number of carbonyl (C=O) groups excluding carboxylic acids is 2. The SMILES string of the molecule is O=C(NC1CCCCCC1)[C@@H]1CCCN(C(=O)Cc2cccc3ccccc23)C1. The molecule has 4 heteroatoms. The molecule has 4 rings (SSSR count). The summed E-state index contributed by atoms with van der Waals surface area (Å²) in [5, 5.41) is 5.59. The number of amides is 2. The molecule has 1 aliphatic heterocycles. The second kappa shape index (κ2) is 9.43. The van der Waals surface area contributed by atoms with E-state index in [1.807, 2.05) is 29.2 Å². The highest BCUT2D eigenvalue weighted by molar-refractivity contribution is 5.90. The van der Waals surface area contributed by atoms with Gasteiger partial charge in [-0.1, -0.05) is 68.1 Å². The molecular formula is C25H32N2O2. The Bertz CT molecular complexity index is 850. The first-order chi connectivity index (χ1) is 14.2. The molecule has 154 valence electrons. The first-order valence-electron chi connectivity index (χ1n) is 11.3. The van der Waals surface area contributed by atoms with Crippen LogP contribution in [0.3, 0.4) is 0 Å². The molecule has 2 amide bonds. The number of benzene rings is 2. The number of nitrogens with one attached hydrogen (secondary N) is 1. The van der Waals surface area contributed by atoms with E-state index >= 15 is 0 Å². The Kier molecular flexibility index (Phi) is 6.48. The van der Waals surface area contributed by atoms with E-state index < -0.39 is 0 Å². The number of piperidine rings is 1. The highest BCUT2D eigenvalue weighted by Gasteiger charge is 2.29. The van der Waals surface area contributed by atoms with Crippen molar-refractivity contribution in [1.29, 1.82) is 0 Å². The molecule has 1 atom stereocenters. The van der Waals surface area contributed by atoms with E-state index in [9.17, 15) is 9.59 Å². The van der Waals surface area contributed by atoms with Crippen LogP contribution in [0.1, 0.15) is 56.9 Å². The Morgan fingerprint density at radius 2 is 1.66 bits per heavy atom. The van der Waals surface area contributed by atoms with Crippen LogP contribution < -0.4 is 5.32 Å². The van der Waals surface area contributed by atoms with E-state index in [0.717, 1.165) is 48.6 Å². The number of likely N-dealkylation sites (tertiary alicyclic amines) is 1. The molecular weight excluding hydrogens is 360 g/mol. The Balaban J connectivity index is 1.37. The standard InChI is InChI=1S/C25H32N2O2/c28-24(17-20-11-7-10-19-9-5-6-15-23(19)20)27-16-8-12-21(18-27)25(29)26-22-13-3-1-2-4-14-22/h5-7,9-11,15,21-22H,1-4,8,12-14,16-18H2,(H,26,29)/t21-/m1/s1. The van der Waals surface area contributed by atoms with Crippen LogP contribution in [-0.2, 0) is 16.0 Å². The van der Waals surface area contributed by atoms with Crippen LogP contribution in [0.5, 0.6) is 0 Å². The predicted octanol–water partition coefficient (Wildman–Crippen LogP) is 4.46. The van der Waals surface area contributed by atoms with Crippen LogP contribution in [0, 0.1) is 5.92 Å². The fourth-order valence-electron chi connectivity index (χ4n) is 4.88. The summed E-state index contributed by atoms with van der Waals surface area (Å²) in [5.74, 6) is 0.219. The molecule has 0 spiro atoms. The third kappa shape index (κ3) is 4.98. The van der Waals surface area contributed by atoms with Gasteiger partial charge in [-0.2, -0.15) is 0 Å². The van der Waals surface area contributed by atoms with Gasteiger partial charge in [0.1, 0.15) is 0 Å². The number of fused-ring (bicyclic) bond motifs is 1. The van der Waals surface area contributed by atoms with Crippen molar-refractivity contribution < 1.29 is 9.59 Å². The summed E-state index contributed by atoms with van der Waals surface area (Å²) in [6, 6.07) is 14.7. The van der Waals surface area contributed by atoms with Crippen LogP contribution in [0.2, 0.25) is 0 Å². The lowest BCUT2D eigenvalue weighted by atomic mass is 9.95. The molecule has 1 N–H and O–H groups in total. The minimum atomic E-state index is -0.0662. The van der Waals surface area contributed by atoms with Crippen molar-refractivity contribution >= 4 is 22.6 Å². The zero-order valence-electron chi connectivity index (χ0n) is 17.2. The van der Waals surface area contributed by atoms with Gasteiger partial charge >= 0.3 is 0 Å². The second-order valence-electron chi connectivity index (χ2n) is 8.69. The van der Waals surface area contributed by atoms with E-state index in [-0.39, 0.29) is 17.7 Å². The monoisotopic (exact) mass is 392 g/mol. The molecule has 1 heterocycles. The summed E-state index contributed by atoms with van der Waals surface area (Å²) >= 11 is 0. The zero-order chi connectivity index (χ0) is 20.1. The van der Waals surface area contributed by atoms with Crippen LogP contribution in [0.4, 0.5) is 0 Å². The van der Waals surface area contributed by atoms with Gasteiger partial charge in [0.25, 0.3) is 0 Å². The fraction of sp³-hybridized carbons (Fsp3) is 0.520. The number of hydrogen-bond acceptors (Lipinski definition) is 2. The van der Waals surface area contributed by atoms with Crippen molar-refractivity contribution in [2.24, 2.45) is 5.92 Å². The van der Waals surface area contributed by atoms with Crippen molar-refractivity contribution in [2.75, 3.05) is 13.1 Å². The fourth-order valence-corrected chi connectivity index (χ4v) is 4.88. The van der Waals surface area contributed by atoms with Gasteiger partial charge in [-0.15, -0.1) is 0 Å². The summed E-state index contributed by atoms with van der Waals surface area (Å²) in [6.07, 6.45) is 9.39. The molecule has 0 bridgehead atoms. The highest BCUT2D eigenvalue weighted by Crippen LogP contribution is 2.23. The molecule has 2 aromatic rings. The van der Waals surface area contributed by atoms with Crippen LogP contribution >= 0.6 is 0 Å². The summed E-state index contributed by atoms with van der Waals surface area (Å²) in [7, 11) is 0. The third-order valence-electron chi connectivity index (χ3n) is 6.57. The van der Waals surface area contributed by atoms with E-state index in [1.165, 1.54) is 25.7 Å². The van der Waals surface area contributed by atoms with E-state index in [2.05, 4.69) is 23.5 Å². The summed E-state index contributed by atoms with van der Waals surface area (Å²) < 4.78 is 0. The Morgan fingerprint density at radius 3 is 2.48 bits per heavy atom. The van der Waals surface area contributed by atoms with Gasteiger partial charge in [-0.3, -0.25) is 9.59 Å². The normalized spacial score (nSPS) is 21.0. The highest BCUT2D eigenvalue weighted by atomic mass is 16.2. The quantitative estimate of drug-likeness (QED) is 0.781. The molecule has 2 aromatic carbocycles. The van der Waals surface area contributed by atoms with Gasteiger partial charge in [0, 0.05) is 19.1 Å². The molecule has 0 unspecified atom stereocenters. The number of carbonyl (C=O) groups is 2. The lowest BCUT2D eigenvalue weighted by molar-refractivity contribution is -0.135.